The van der Waals surface area contributed by atoms with E-state index < -0.39 is 12.3 Å². The van der Waals surface area contributed by atoms with E-state index in [0.717, 1.165) is 11.1 Å². The smallest absolute Gasteiger partial charge is 0.242 e. The van der Waals surface area contributed by atoms with Crippen molar-refractivity contribution in [1.29, 1.82) is 0 Å². The maximum Gasteiger partial charge on any atom is 0.242 e. The minimum Gasteiger partial charge on any atom is -0.375 e. The Morgan fingerprint density at radius 1 is 1.04 bits per heavy atom. The molecule has 6 heteroatoms. The van der Waals surface area contributed by atoms with Crippen molar-refractivity contribution in [2.75, 3.05) is 26.9 Å². The van der Waals surface area contributed by atoms with Gasteiger partial charge in [-0.25, -0.2) is 0 Å². The van der Waals surface area contributed by atoms with Crippen LogP contribution in [0.4, 0.5) is 0 Å². The van der Waals surface area contributed by atoms with Crippen LogP contribution < -0.4 is 5.73 Å². The Bertz CT molecular complexity index is 681. The summed E-state index contributed by atoms with van der Waals surface area (Å²) < 4.78 is 16.5. The van der Waals surface area contributed by atoms with Gasteiger partial charge in [-0.05, 0) is 18.1 Å². The number of carbonyl (C=O) groups excluding carboxylic acids is 1. The maximum atomic E-state index is 13.0. The molecule has 2 aromatic carbocycles. The third-order valence-corrected chi connectivity index (χ3v) is 4.24. The van der Waals surface area contributed by atoms with E-state index in [1.165, 1.54) is 0 Å². The lowest BCUT2D eigenvalue weighted by atomic mass is 10.2. The molecule has 0 saturated heterocycles. The van der Waals surface area contributed by atoms with Gasteiger partial charge < -0.3 is 24.8 Å². The Morgan fingerprint density at radius 2 is 1.64 bits per heavy atom. The molecule has 6 nitrogen and oxygen atoms in total. The van der Waals surface area contributed by atoms with E-state index in [-0.39, 0.29) is 12.5 Å². The summed E-state index contributed by atoms with van der Waals surface area (Å²) in [6.07, 6.45) is -0.505. The van der Waals surface area contributed by atoms with E-state index in [4.69, 9.17) is 19.9 Å². The molecule has 1 amide bonds. The molecule has 152 valence electrons. The average Bonchev–Trinajstić information content (AvgIpc) is 2.73. The zero-order valence-electron chi connectivity index (χ0n) is 16.6. The van der Waals surface area contributed by atoms with E-state index in [1.54, 1.807) is 12.0 Å². The number of hydrogen-bond acceptors (Lipinski definition) is 5. The molecule has 0 bridgehead atoms. The first kappa shape index (κ1) is 22.0. The molecule has 2 rings (SSSR count). The SMILES string of the molecule is CCOC(CN(Cc1ccccc1)C(=O)[C@@H](N)COCc1ccccc1)OC. The van der Waals surface area contributed by atoms with Crippen molar-refractivity contribution >= 4 is 5.91 Å². The van der Waals surface area contributed by atoms with Crippen molar-refractivity contribution < 1.29 is 19.0 Å². The third kappa shape index (κ3) is 7.40. The third-order valence-electron chi connectivity index (χ3n) is 4.24. The summed E-state index contributed by atoms with van der Waals surface area (Å²) in [5.74, 6) is -0.196. The van der Waals surface area contributed by atoms with Crippen LogP contribution in [0.5, 0.6) is 0 Å². The zero-order chi connectivity index (χ0) is 20.2. The van der Waals surface area contributed by atoms with E-state index in [2.05, 4.69) is 0 Å². The van der Waals surface area contributed by atoms with Gasteiger partial charge >= 0.3 is 0 Å². The largest absolute Gasteiger partial charge is 0.375 e. The number of carbonyl (C=O) groups is 1. The van der Waals surface area contributed by atoms with E-state index >= 15 is 0 Å². The van der Waals surface area contributed by atoms with E-state index in [0.29, 0.717) is 26.3 Å². The molecule has 0 saturated carbocycles. The first-order valence-electron chi connectivity index (χ1n) is 9.48. The van der Waals surface area contributed by atoms with Crippen molar-refractivity contribution in [3.05, 3.63) is 71.8 Å². The zero-order valence-corrected chi connectivity index (χ0v) is 16.6. The van der Waals surface area contributed by atoms with Gasteiger partial charge in [-0.1, -0.05) is 60.7 Å². The van der Waals surface area contributed by atoms with Gasteiger partial charge in [-0.2, -0.15) is 0 Å². The maximum absolute atomic E-state index is 13.0. The van der Waals surface area contributed by atoms with Crippen LogP contribution in [0, 0.1) is 0 Å². The van der Waals surface area contributed by atoms with Crippen molar-refractivity contribution in [3.8, 4) is 0 Å². The van der Waals surface area contributed by atoms with Gasteiger partial charge in [-0.3, -0.25) is 4.79 Å². The Hall–Kier alpha value is -2.25. The Morgan fingerprint density at radius 3 is 2.21 bits per heavy atom. The van der Waals surface area contributed by atoms with E-state index in [1.807, 2.05) is 67.6 Å². The predicted octanol–water partition coefficient (Wildman–Crippen LogP) is 2.57. The van der Waals surface area contributed by atoms with Crippen LogP contribution >= 0.6 is 0 Å². The van der Waals surface area contributed by atoms with Crippen LogP contribution in [-0.4, -0.2) is 50.0 Å². The average molecular weight is 386 g/mol. The number of methoxy groups -OCH3 is 1. The first-order chi connectivity index (χ1) is 13.6. The Balaban J connectivity index is 1.97. The van der Waals surface area contributed by atoms with Crippen molar-refractivity contribution in [2.24, 2.45) is 5.73 Å². The summed E-state index contributed by atoms with van der Waals surface area (Å²) in [6.45, 7) is 3.67. The van der Waals surface area contributed by atoms with Crippen LogP contribution in [0.15, 0.2) is 60.7 Å². The lowest BCUT2D eigenvalue weighted by molar-refractivity contribution is -0.154. The van der Waals surface area contributed by atoms with Gasteiger partial charge in [0.1, 0.15) is 6.04 Å². The molecule has 0 aromatic heterocycles. The monoisotopic (exact) mass is 386 g/mol. The number of nitrogens with zero attached hydrogens (tertiary/aromatic N) is 1. The number of nitrogens with two attached hydrogens (primary N) is 1. The van der Waals surface area contributed by atoms with Crippen LogP contribution in [0.2, 0.25) is 0 Å². The molecule has 0 aliphatic rings. The number of benzene rings is 2. The number of amides is 1. The fourth-order valence-corrected chi connectivity index (χ4v) is 2.78. The fourth-order valence-electron chi connectivity index (χ4n) is 2.78. The molecule has 1 unspecified atom stereocenters. The van der Waals surface area contributed by atoms with Crippen molar-refractivity contribution in [1.82, 2.24) is 4.90 Å². The first-order valence-corrected chi connectivity index (χ1v) is 9.48. The van der Waals surface area contributed by atoms with Crippen molar-refractivity contribution in [2.45, 2.75) is 32.4 Å². The van der Waals surface area contributed by atoms with Crippen molar-refractivity contribution in [3.63, 3.8) is 0 Å². The summed E-state index contributed by atoms with van der Waals surface area (Å²) in [5.41, 5.74) is 8.18. The van der Waals surface area contributed by atoms with Gasteiger partial charge in [0.25, 0.3) is 0 Å². The second kappa shape index (κ2) is 12.3. The number of hydrogen-bond donors (Lipinski definition) is 1. The molecular formula is C22H30N2O4. The lowest BCUT2D eigenvalue weighted by Crippen LogP contribution is -2.48. The van der Waals surface area contributed by atoms with Gasteiger partial charge in [0, 0.05) is 20.3 Å². The highest BCUT2D eigenvalue weighted by Crippen LogP contribution is 2.09. The van der Waals surface area contributed by atoms with E-state index in [9.17, 15) is 4.79 Å². The van der Waals surface area contributed by atoms with Crippen LogP contribution in [-0.2, 0) is 32.2 Å². The molecule has 0 aliphatic heterocycles. The number of ether oxygens (including phenoxy) is 3. The summed E-state index contributed by atoms with van der Waals surface area (Å²) in [6, 6.07) is 18.8. The molecule has 2 atom stereocenters. The minimum atomic E-state index is -0.758. The van der Waals surface area contributed by atoms with Gasteiger partial charge in [0.05, 0.1) is 19.8 Å². The molecule has 0 heterocycles. The predicted molar refractivity (Wildman–Crippen MR) is 108 cm³/mol. The summed E-state index contributed by atoms with van der Waals surface area (Å²) in [4.78, 5) is 14.6. The second-order valence-corrected chi connectivity index (χ2v) is 6.43. The summed E-state index contributed by atoms with van der Waals surface area (Å²) in [5, 5.41) is 0. The van der Waals surface area contributed by atoms with Gasteiger partial charge in [0.15, 0.2) is 6.29 Å². The Labute approximate surface area is 167 Å². The molecule has 0 spiro atoms. The highest BCUT2D eigenvalue weighted by molar-refractivity contribution is 5.81. The Kier molecular flexibility index (Phi) is 9.65. The topological polar surface area (TPSA) is 74.0 Å². The lowest BCUT2D eigenvalue weighted by Gasteiger charge is -2.29. The molecule has 0 radical (unpaired) electrons. The normalized spacial score (nSPS) is 13.1. The standard InChI is InChI=1S/C22H30N2O4/c1-3-28-21(26-2)15-24(14-18-10-6-4-7-11-18)22(25)20(23)17-27-16-19-12-8-5-9-13-19/h4-13,20-21H,3,14-17,23H2,1-2H3/t20-,21?/m0/s1. The molecule has 2 N–H and O–H groups in total. The highest BCUT2D eigenvalue weighted by Gasteiger charge is 2.24. The highest BCUT2D eigenvalue weighted by atomic mass is 16.7. The number of rotatable bonds is 12. The quantitative estimate of drug-likeness (QED) is 0.568. The minimum absolute atomic E-state index is 0.144. The summed E-state index contributed by atoms with van der Waals surface area (Å²) in [7, 11) is 1.56. The fraction of sp³-hybridized carbons (Fsp3) is 0.409. The van der Waals surface area contributed by atoms with Crippen LogP contribution in [0.3, 0.4) is 0 Å². The molecule has 0 aliphatic carbocycles. The second-order valence-electron chi connectivity index (χ2n) is 6.43. The van der Waals surface area contributed by atoms with Crippen LogP contribution in [0.1, 0.15) is 18.1 Å². The van der Waals surface area contributed by atoms with Crippen LogP contribution in [0.25, 0.3) is 0 Å². The van der Waals surface area contributed by atoms with Gasteiger partial charge in [0.2, 0.25) is 5.91 Å². The summed E-state index contributed by atoms with van der Waals surface area (Å²) >= 11 is 0. The molecule has 2 aromatic rings. The molecule has 28 heavy (non-hydrogen) atoms. The molecule has 0 fully saturated rings. The van der Waals surface area contributed by atoms with Gasteiger partial charge in [-0.15, -0.1) is 0 Å². The molecular weight excluding hydrogens is 356 g/mol.